The average Bonchev–Trinajstić information content (AvgIpc) is 2.75. The number of hydrogen-bond donors (Lipinski definition) is 3. The summed E-state index contributed by atoms with van der Waals surface area (Å²) in [6, 6.07) is 9.06. The summed E-state index contributed by atoms with van der Waals surface area (Å²) in [5.74, 6) is 1.31. The summed E-state index contributed by atoms with van der Waals surface area (Å²) in [6.45, 7) is 1.93. The van der Waals surface area contributed by atoms with Crippen LogP contribution in [0.4, 0.5) is 11.8 Å². The third-order valence-electron chi connectivity index (χ3n) is 4.59. The Hall–Kier alpha value is -2.14. The van der Waals surface area contributed by atoms with Crippen LogP contribution in [0.5, 0.6) is 0 Å². The van der Waals surface area contributed by atoms with E-state index >= 15 is 0 Å². The third kappa shape index (κ3) is 2.52. The monoisotopic (exact) mass is 295 g/mol. The Morgan fingerprint density at radius 2 is 1.77 bits per heavy atom. The van der Waals surface area contributed by atoms with Crippen molar-refractivity contribution >= 4 is 11.8 Å². The van der Waals surface area contributed by atoms with Crippen molar-refractivity contribution in [1.29, 1.82) is 0 Å². The molecule has 1 aromatic carbocycles. The fraction of sp³-hybridized carbons (Fsp3) is 0.412. The molecule has 0 bridgehead atoms. The number of nitrogens with one attached hydrogen (secondary N) is 2. The van der Waals surface area contributed by atoms with Gasteiger partial charge in [-0.25, -0.2) is 4.98 Å². The molecule has 0 saturated heterocycles. The molecule has 0 saturated carbocycles. The van der Waals surface area contributed by atoms with E-state index in [2.05, 4.69) is 44.9 Å². The van der Waals surface area contributed by atoms with E-state index < -0.39 is 0 Å². The van der Waals surface area contributed by atoms with Crippen molar-refractivity contribution in [3.05, 3.63) is 46.6 Å². The molecule has 0 fully saturated rings. The number of fused-ring (bicyclic) bond motifs is 2. The summed E-state index contributed by atoms with van der Waals surface area (Å²) in [4.78, 5) is 8.92. The van der Waals surface area contributed by atoms with Gasteiger partial charge in [-0.1, -0.05) is 24.3 Å². The van der Waals surface area contributed by atoms with Gasteiger partial charge in [0.25, 0.3) is 0 Å². The molecule has 2 aromatic rings. The Kier molecular flexibility index (Phi) is 3.42. The second kappa shape index (κ2) is 5.57. The summed E-state index contributed by atoms with van der Waals surface area (Å²) in [7, 11) is 0. The minimum Gasteiger partial charge on any atom is -0.368 e. The zero-order valence-electron chi connectivity index (χ0n) is 12.6. The smallest absolute Gasteiger partial charge is 0.222 e. The van der Waals surface area contributed by atoms with Crippen LogP contribution in [0.2, 0.25) is 0 Å². The van der Waals surface area contributed by atoms with Gasteiger partial charge in [-0.05, 0) is 36.9 Å². The maximum Gasteiger partial charge on any atom is 0.222 e. The number of rotatable bonds is 2. The van der Waals surface area contributed by atoms with Gasteiger partial charge in [0.2, 0.25) is 5.95 Å². The molecule has 0 unspecified atom stereocenters. The summed E-state index contributed by atoms with van der Waals surface area (Å²) >= 11 is 0. The molecule has 0 spiro atoms. The van der Waals surface area contributed by atoms with Crippen LogP contribution >= 0.6 is 0 Å². The molecular weight excluding hydrogens is 274 g/mol. The van der Waals surface area contributed by atoms with Crippen LogP contribution in [0.1, 0.15) is 22.4 Å². The van der Waals surface area contributed by atoms with E-state index in [1.807, 2.05) is 0 Å². The van der Waals surface area contributed by atoms with Crippen LogP contribution in [0.25, 0.3) is 0 Å². The Bertz CT molecular complexity index is 672. The summed E-state index contributed by atoms with van der Waals surface area (Å²) in [6.07, 6.45) is 3.97. The first-order valence-electron chi connectivity index (χ1n) is 7.99. The zero-order chi connectivity index (χ0) is 14.9. The molecule has 4 rings (SSSR count). The summed E-state index contributed by atoms with van der Waals surface area (Å²) in [5.41, 5.74) is 11.1. The molecule has 5 nitrogen and oxygen atoms in total. The second-order valence-corrected chi connectivity index (χ2v) is 6.12. The lowest BCUT2D eigenvalue weighted by Crippen LogP contribution is -2.23. The van der Waals surface area contributed by atoms with Crippen molar-refractivity contribution in [3.8, 4) is 0 Å². The topological polar surface area (TPSA) is 75.9 Å². The highest BCUT2D eigenvalue weighted by Gasteiger charge is 2.23. The number of nitrogen functional groups attached to an aromatic ring is 1. The minimum atomic E-state index is 0.374. The minimum absolute atomic E-state index is 0.374. The van der Waals surface area contributed by atoms with E-state index in [0.29, 0.717) is 12.0 Å². The van der Waals surface area contributed by atoms with Crippen molar-refractivity contribution < 1.29 is 0 Å². The van der Waals surface area contributed by atoms with Crippen LogP contribution < -0.4 is 16.4 Å². The Balaban J connectivity index is 1.60. The van der Waals surface area contributed by atoms with Crippen molar-refractivity contribution in [2.45, 2.75) is 31.7 Å². The van der Waals surface area contributed by atoms with Crippen molar-refractivity contribution in [2.75, 3.05) is 24.1 Å². The lowest BCUT2D eigenvalue weighted by Gasteiger charge is -2.17. The largest absolute Gasteiger partial charge is 0.368 e. The maximum atomic E-state index is 5.91. The number of nitrogens with zero attached hydrogens (tertiary/aromatic N) is 2. The fourth-order valence-electron chi connectivity index (χ4n) is 3.54. The molecule has 2 aliphatic rings. The molecule has 5 heteroatoms. The first-order chi connectivity index (χ1) is 10.8. The predicted molar refractivity (Wildman–Crippen MR) is 88.0 cm³/mol. The zero-order valence-corrected chi connectivity index (χ0v) is 12.6. The van der Waals surface area contributed by atoms with E-state index in [0.717, 1.165) is 50.3 Å². The van der Waals surface area contributed by atoms with Crippen LogP contribution in [-0.4, -0.2) is 29.1 Å². The molecule has 1 aliphatic heterocycles. The van der Waals surface area contributed by atoms with Gasteiger partial charge in [-0.2, -0.15) is 4.98 Å². The van der Waals surface area contributed by atoms with Gasteiger partial charge >= 0.3 is 0 Å². The van der Waals surface area contributed by atoms with Crippen LogP contribution in [0.15, 0.2) is 24.3 Å². The van der Waals surface area contributed by atoms with Gasteiger partial charge in [0.05, 0.1) is 5.69 Å². The number of nitrogens with two attached hydrogens (primary N) is 1. The summed E-state index contributed by atoms with van der Waals surface area (Å²) < 4.78 is 0. The highest BCUT2D eigenvalue weighted by molar-refractivity contribution is 5.52. The van der Waals surface area contributed by atoms with Crippen LogP contribution in [-0.2, 0) is 25.7 Å². The molecule has 0 amide bonds. The quantitative estimate of drug-likeness (QED) is 0.779. The van der Waals surface area contributed by atoms with E-state index in [9.17, 15) is 0 Å². The van der Waals surface area contributed by atoms with Crippen LogP contribution in [0.3, 0.4) is 0 Å². The lowest BCUT2D eigenvalue weighted by atomic mass is 10.1. The molecule has 1 aliphatic carbocycles. The number of benzene rings is 1. The lowest BCUT2D eigenvalue weighted by molar-refractivity contribution is 0.708. The number of anilines is 2. The van der Waals surface area contributed by atoms with Crippen LogP contribution in [0, 0.1) is 0 Å². The second-order valence-electron chi connectivity index (χ2n) is 6.12. The molecule has 4 N–H and O–H groups in total. The molecule has 114 valence electrons. The molecule has 22 heavy (non-hydrogen) atoms. The third-order valence-corrected chi connectivity index (χ3v) is 4.59. The van der Waals surface area contributed by atoms with Gasteiger partial charge in [0.1, 0.15) is 5.82 Å². The average molecular weight is 295 g/mol. The molecular formula is C17H21N5. The number of aromatic nitrogens is 2. The SMILES string of the molecule is Nc1nc2c(c(NC3Cc4ccccc4C3)n1)CCNCC2. The Morgan fingerprint density at radius 1 is 1.05 bits per heavy atom. The maximum absolute atomic E-state index is 5.91. The van der Waals surface area contributed by atoms with Crippen molar-refractivity contribution in [2.24, 2.45) is 0 Å². The Labute approximate surface area is 130 Å². The molecule has 2 heterocycles. The highest BCUT2D eigenvalue weighted by Crippen LogP contribution is 2.27. The summed E-state index contributed by atoms with van der Waals surface area (Å²) in [5, 5.41) is 7.04. The first kappa shape index (κ1) is 13.5. The molecule has 1 aromatic heterocycles. The van der Waals surface area contributed by atoms with Crippen molar-refractivity contribution in [1.82, 2.24) is 15.3 Å². The van der Waals surface area contributed by atoms with Gasteiger partial charge in [-0.3, -0.25) is 0 Å². The Morgan fingerprint density at radius 3 is 2.55 bits per heavy atom. The fourth-order valence-corrected chi connectivity index (χ4v) is 3.54. The van der Waals surface area contributed by atoms with E-state index in [-0.39, 0.29) is 0 Å². The van der Waals surface area contributed by atoms with E-state index in [1.54, 1.807) is 0 Å². The standard InChI is InChI=1S/C17H21N5/c18-17-21-15-6-8-19-7-5-14(15)16(22-17)20-13-9-11-3-1-2-4-12(11)10-13/h1-4,13,19H,5-10H2,(H3,18,20,21,22). The van der Waals surface area contributed by atoms with E-state index in [1.165, 1.54) is 16.7 Å². The predicted octanol–water partition coefficient (Wildman–Crippen LogP) is 1.33. The molecule has 0 atom stereocenters. The van der Waals surface area contributed by atoms with Gasteiger partial charge in [-0.15, -0.1) is 0 Å². The number of hydrogen-bond acceptors (Lipinski definition) is 5. The van der Waals surface area contributed by atoms with Gasteiger partial charge in [0.15, 0.2) is 0 Å². The van der Waals surface area contributed by atoms with Crippen molar-refractivity contribution in [3.63, 3.8) is 0 Å². The normalized spacial score (nSPS) is 17.6. The van der Waals surface area contributed by atoms with E-state index in [4.69, 9.17) is 5.73 Å². The van der Waals surface area contributed by atoms with Gasteiger partial charge in [0, 0.05) is 24.6 Å². The first-order valence-corrected chi connectivity index (χ1v) is 7.99. The van der Waals surface area contributed by atoms with Gasteiger partial charge < -0.3 is 16.4 Å². The highest BCUT2D eigenvalue weighted by atomic mass is 15.1. The molecule has 0 radical (unpaired) electrons.